The third kappa shape index (κ3) is 4.41. The van der Waals surface area contributed by atoms with Gasteiger partial charge >= 0.3 is 0 Å². The van der Waals surface area contributed by atoms with Crippen molar-refractivity contribution < 1.29 is 18.1 Å². The number of nitro benzene ring substituents is 1. The van der Waals surface area contributed by atoms with Crippen LogP contribution in [0, 0.1) is 10.1 Å². The molecule has 0 bridgehead atoms. The molecule has 3 aromatic carbocycles. The van der Waals surface area contributed by atoms with Crippen LogP contribution in [0.5, 0.6) is 0 Å². The van der Waals surface area contributed by atoms with Crippen molar-refractivity contribution in [2.24, 2.45) is 0 Å². The van der Waals surface area contributed by atoms with Gasteiger partial charge in [0.15, 0.2) is 5.13 Å². The number of nitro groups is 1. The number of non-ortho nitro benzene ring substituents is 1. The Kier molecular flexibility index (Phi) is 5.80. The van der Waals surface area contributed by atoms with Crippen molar-refractivity contribution in [2.45, 2.75) is 9.10 Å². The van der Waals surface area contributed by atoms with E-state index in [2.05, 4.69) is 10.3 Å². The zero-order valence-corrected chi connectivity index (χ0v) is 18.0. The van der Waals surface area contributed by atoms with Crippen molar-refractivity contribution in [1.29, 1.82) is 0 Å². The van der Waals surface area contributed by atoms with Crippen LogP contribution in [0.2, 0.25) is 0 Å². The summed E-state index contributed by atoms with van der Waals surface area (Å²) in [5.74, 6) is -0.418. The Morgan fingerprint density at radius 1 is 0.906 bits per heavy atom. The Hall–Kier alpha value is -3.89. The van der Waals surface area contributed by atoms with E-state index in [1.165, 1.54) is 12.1 Å². The lowest BCUT2D eigenvalue weighted by Crippen LogP contribution is -2.11. The number of amides is 1. The predicted molar refractivity (Wildman–Crippen MR) is 120 cm³/mol. The summed E-state index contributed by atoms with van der Waals surface area (Å²) in [6.45, 7) is 0. The Morgan fingerprint density at radius 3 is 2.16 bits per heavy atom. The Labute approximate surface area is 187 Å². The van der Waals surface area contributed by atoms with Crippen molar-refractivity contribution in [2.75, 3.05) is 5.32 Å². The highest BCUT2D eigenvalue weighted by atomic mass is 32.2. The number of rotatable bonds is 6. The predicted octanol–water partition coefficient (Wildman–Crippen LogP) is 4.80. The van der Waals surface area contributed by atoms with Gasteiger partial charge in [0.25, 0.3) is 11.6 Å². The number of carbonyl (C=O) groups excluding carboxylic acids is 1. The van der Waals surface area contributed by atoms with E-state index in [9.17, 15) is 23.3 Å². The third-order valence-corrected chi connectivity index (χ3v) is 7.73. The Balaban J connectivity index is 1.49. The first kappa shape index (κ1) is 21.3. The first-order chi connectivity index (χ1) is 15.3. The maximum atomic E-state index is 12.7. The number of anilines is 1. The SMILES string of the molecule is O=C(Nc1ncc(S(=O)(=O)c2ccc([N+](=O)[O-])cc2)s1)c1ccc(-c2ccccc2)cc1. The van der Waals surface area contributed by atoms with Crippen LogP contribution in [0.15, 0.2) is 94.2 Å². The van der Waals surface area contributed by atoms with Crippen LogP contribution in [0.1, 0.15) is 10.4 Å². The van der Waals surface area contributed by atoms with E-state index in [0.717, 1.165) is 40.8 Å². The molecule has 0 saturated carbocycles. The summed E-state index contributed by atoms with van der Waals surface area (Å²) in [4.78, 5) is 26.6. The molecule has 0 spiro atoms. The summed E-state index contributed by atoms with van der Waals surface area (Å²) in [6.07, 6.45) is 1.15. The molecule has 0 atom stereocenters. The summed E-state index contributed by atoms with van der Waals surface area (Å²) in [5, 5.41) is 13.5. The molecule has 0 saturated heterocycles. The molecule has 1 N–H and O–H groups in total. The highest BCUT2D eigenvalue weighted by Crippen LogP contribution is 2.30. The number of hydrogen-bond acceptors (Lipinski definition) is 7. The lowest BCUT2D eigenvalue weighted by atomic mass is 10.0. The van der Waals surface area contributed by atoms with Crippen LogP contribution in [0.4, 0.5) is 10.8 Å². The minimum absolute atomic E-state index is 0.0823. The molecule has 1 aromatic heterocycles. The van der Waals surface area contributed by atoms with Gasteiger partial charge in [-0.2, -0.15) is 0 Å². The number of carbonyl (C=O) groups is 1. The van der Waals surface area contributed by atoms with Gasteiger partial charge < -0.3 is 0 Å². The maximum absolute atomic E-state index is 12.7. The number of sulfone groups is 1. The smallest absolute Gasteiger partial charge is 0.269 e. The van der Waals surface area contributed by atoms with Crippen LogP contribution in [0.3, 0.4) is 0 Å². The Morgan fingerprint density at radius 2 is 1.53 bits per heavy atom. The fourth-order valence-electron chi connectivity index (χ4n) is 2.92. The summed E-state index contributed by atoms with van der Waals surface area (Å²) in [7, 11) is -3.92. The third-order valence-electron chi connectivity index (χ3n) is 4.58. The van der Waals surface area contributed by atoms with Gasteiger partial charge in [-0.25, -0.2) is 13.4 Å². The van der Waals surface area contributed by atoms with Gasteiger partial charge in [-0.3, -0.25) is 20.2 Å². The minimum atomic E-state index is -3.92. The molecule has 0 aliphatic rings. The summed E-state index contributed by atoms with van der Waals surface area (Å²) in [5.41, 5.74) is 2.19. The minimum Gasteiger partial charge on any atom is -0.298 e. The Bertz CT molecular complexity index is 1380. The summed E-state index contributed by atoms with van der Waals surface area (Å²) < 4.78 is 25.4. The summed E-state index contributed by atoms with van der Waals surface area (Å²) >= 11 is 0.803. The molecule has 0 aliphatic heterocycles. The van der Waals surface area contributed by atoms with E-state index < -0.39 is 20.7 Å². The molecule has 4 rings (SSSR count). The van der Waals surface area contributed by atoms with Crippen LogP contribution in [0.25, 0.3) is 11.1 Å². The number of nitrogens with one attached hydrogen (secondary N) is 1. The number of nitrogens with zero attached hydrogens (tertiary/aromatic N) is 2. The monoisotopic (exact) mass is 465 g/mol. The molecule has 0 unspecified atom stereocenters. The largest absolute Gasteiger partial charge is 0.298 e. The maximum Gasteiger partial charge on any atom is 0.269 e. The molecule has 8 nitrogen and oxygen atoms in total. The van der Waals surface area contributed by atoms with Crippen LogP contribution >= 0.6 is 11.3 Å². The quantitative estimate of drug-likeness (QED) is 0.323. The topological polar surface area (TPSA) is 119 Å². The lowest BCUT2D eigenvalue weighted by molar-refractivity contribution is -0.384. The molecule has 32 heavy (non-hydrogen) atoms. The molecule has 1 heterocycles. The van der Waals surface area contributed by atoms with Crippen molar-refractivity contribution >= 4 is 37.9 Å². The normalized spacial score (nSPS) is 11.1. The molecule has 160 valence electrons. The number of thiazole rings is 1. The van der Waals surface area contributed by atoms with Gasteiger partial charge in [-0.1, -0.05) is 53.8 Å². The molecule has 1 amide bonds. The molecule has 4 aromatic rings. The fourth-order valence-corrected chi connectivity index (χ4v) is 5.35. The fraction of sp³-hybridized carbons (Fsp3) is 0. The molecule has 0 fully saturated rings. The van der Waals surface area contributed by atoms with Gasteiger partial charge in [-0.15, -0.1) is 0 Å². The van der Waals surface area contributed by atoms with E-state index in [-0.39, 0.29) is 19.9 Å². The molecule has 10 heteroatoms. The van der Waals surface area contributed by atoms with Gasteiger partial charge in [-0.05, 0) is 35.4 Å². The van der Waals surface area contributed by atoms with E-state index in [1.54, 1.807) is 12.1 Å². The van der Waals surface area contributed by atoms with Gasteiger partial charge in [0.05, 0.1) is 16.0 Å². The standard InChI is InChI=1S/C22H15N3O5S2/c26-21(17-8-6-16(7-9-17)15-4-2-1-3-5-15)24-22-23-14-20(31-22)32(29,30)19-12-10-18(11-13-19)25(27)28/h1-14H,(H,23,24,26). The van der Waals surface area contributed by atoms with Gasteiger partial charge in [0.1, 0.15) is 4.21 Å². The van der Waals surface area contributed by atoms with Crippen LogP contribution in [-0.2, 0) is 9.84 Å². The zero-order chi connectivity index (χ0) is 22.7. The van der Waals surface area contributed by atoms with E-state index in [0.29, 0.717) is 5.56 Å². The molecule has 0 aliphatic carbocycles. The molecular formula is C22H15N3O5S2. The molecular weight excluding hydrogens is 450 g/mol. The van der Waals surface area contributed by atoms with Crippen LogP contribution in [-0.4, -0.2) is 24.2 Å². The second kappa shape index (κ2) is 8.69. The van der Waals surface area contributed by atoms with Crippen molar-refractivity contribution in [1.82, 2.24) is 4.98 Å². The van der Waals surface area contributed by atoms with E-state index >= 15 is 0 Å². The summed E-state index contributed by atoms with van der Waals surface area (Å²) in [6, 6.07) is 21.3. The lowest BCUT2D eigenvalue weighted by Gasteiger charge is -2.04. The number of benzene rings is 3. The highest BCUT2D eigenvalue weighted by molar-refractivity contribution is 7.93. The van der Waals surface area contributed by atoms with Gasteiger partial charge in [0, 0.05) is 17.7 Å². The second-order valence-electron chi connectivity index (χ2n) is 6.64. The average Bonchev–Trinajstić information content (AvgIpc) is 3.29. The highest BCUT2D eigenvalue weighted by Gasteiger charge is 2.22. The number of aromatic nitrogens is 1. The second-order valence-corrected chi connectivity index (χ2v) is 9.84. The van der Waals surface area contributed by atoms with Gasteiger partial charge in [0.2, 0.25) is 9.84 Å². The van der Waals surface area contributed by atoms with Crippen molar-refractivity contribution in [3.63, 3.8) is 0 Å². The number of hydrogen-bond donors (Lipinski definition) is 1. The first-order valence-corrected chi connectivity index (χ1v) is 11.6. The van der Waals surface area contributed by atoms with E-state index in [1.807, 2.05) is 42.5 Å². The van der Waals surface area contributed by atoms with Crippen molar-refractivity contribution in [3.8, 4) is 11.1 Å². The zero-order valence-electron chi connectivity index (χ0n) is 16.3. The average molecular weight is 466 g/mol. The molecule has 0 radical (unpaired) electrons. The van der Waals surface area contributed by atoms with Crippen molar-refractivity contribution in [3.05, 3.63) is 101 Å². The van der Waals surface area contributed by atoms with Crippen LogP contribution < -0.4 is 5.32 Å². The van der Waals surface area contributed by atoms with E-state index in [4.69, 9.17) is 0 Å². The first-order valence-electron chi connectivity index (χ1n) is 9.27.